The van der Waals surface area contributed by atoms with Crippen molar-refractivity contribution < 1.29 is 19.5 Å². The lowest BCUT2D eigenvalue weighted by Crippen LogP contribution is -2.58. The van der Waals surface area contributed by atoms with E-state index in [0.717, 1.165) is 0 Å². The van der Waals surface area contributed by atoms with Gasteiger partial charge in [-0.05, 0) is 31.6 Å². The summed E-state index contributed by atoms with van der Waals surface area (Å²) in [5.41, 5.74) is 10.5. The lowest BCUT2D eigenvalue weighted by Gasteiger charge is -2.48. The number of amides is 2. The molecule has 2 aliphatic rings. The Bertz CT molecular complexity index is 547. The molecule has 2 fully saturated rings. The number of nitrogens with one attached hydrogen (secondary N) is 1. The molecular formula is C16H27N5O4. The molecule has 9 heteroatoms. The van der Waals surface area contributed by atoms with E-state index in [2.05, 4.69) is 10.3 Å². The molecule has 2 aliphatic heterocycles. The van der Waals surface area contributed by atoms with Crippen LogP contribution in [0.2, 0.25) is 0 Å². The summed E-state index contributed by atoms with van der Waals surface area (Å²) in [6.07, 6.45) is 2.81. The van der Waals surface area contributed by atoms with Gasteiger partial charge < -0.3 is 26.8 Å². The first-order chi connectivity index (χ1) is 11.9. The Morgan fingerprint density at radius 1 is 1.36 bits per heavy atom. The van der Waals surface area contributed by atoms with Gasteiger partial charge >= 0.3 is 5.97 Å². The van der Waals surface area contributed by atoms with Crippen molar-refractivity contribution in [1.29, 1.82) is 0 Å². The monoisotopic (exact) mass is 353 g/mol. The van der Waals surface area contributed by atoms with E-state index in [1.165, 1.54) is 0 Å². The quantitative estimate of drug-likeness (QED) is 0.256. The van der Waals surface area contributed by atoms with Crippen LogP contribution in [0.25, 0.3) is 0 Å². The zero-order valence-corrected chi connectivity index (χ0v) is 14.3. The second-order valence-electron chi connectivity index (χ2n) is 6.73. The van der Waals surface area contributed by atoms with Crippen molar-refractivity contribution in [3.63, 3.8) is 0 Å². The molecule has 0 saturated carbocycles. The predicted octanol–water partition coefficient (Wildman–Crippen LogP) is -0.742. The molecule has 0 aliphatic carbocycles. The minimum absolute atomic E-state index is 0.00765. The van der Waals surface area contributed by atoms with Crippen LogP contribution in [0.5, 0.6) is 0 Å². The van der Waals surface area contributed by atoms with Gasteiger partial charge in [-0.15, -0.1) is 0 Å². The van der Waals surface area contributed by atoms with E-state index in [9.17, 15) is 14.4 Å². The fraction of sp³-hybridized carbons (Fsp3) is 0.750. The molecule has 0 spiro atoms. The summed E-state index contributed by atoms with van der Waals surface area (Å²) in [6, 6.07) is -0.00765. The third-order valence-electron chi connectivity index (χ3n) is 4.96. The van der Waals surface area contributed by atoms with E-state index in [4.69, 9.17) is 16.6 Å². The van der Waals surface area contributed by atoms with Gasteiger partial charge in [0.2, 0.25) is 11.8 Å². The molecule has 9 nitrogen and oxygen atoms in total. The van der Waals surface area contributed by atoms with Crippen LogP contribution >= 0.6 is 0 Å². The normalized spacial score (nSPS) is 25.4. The van der Waals surface area contributed by atoms with Gasteiger partial charge in [0, 0.05) is 44.4 Å². The standard InChI is InChI=1S/C16H27N5O4/c17-16(18)20-7-1-6-19-15(25)10-2-4-13(22)21-9-11(12(21)8-10)3-5-14(23)24/h10-12H,1-9H2,(H,19,25)(H,23,24)(H4,17,18,20)/t10-,11-,12?/m0/s1. The average molecular weight is 353 g/mol. The molecule has 25 heavy (non-hydrogen) atoms. The van der Waals surface area contributed by atoms with Gasteiger partial charge in [0.25, 0.3) is 0 Å². The number of carbonyl (C=O) groups is 3. The summed E-state index contributed by atoms with van der Waals surface area (Å²) >= 11 is 0. The van der Waals surface area contributed by atoms with Gasteiger partial charge in [-0.25, -0.2) is 0 Å². The van der Waals surface area contributed by atoms with E-state index in [-0.39, 0.29) is 42.1 Å². The van der Waals surface area contributed by atoms with Crippen molar-refractivity contribution in [3.05, 3.63) is 0 Å². The topological polar surface area (TPSA) is 151 Å². The highest BCUT2D eigenvalue weighted by Crippen LogP contribution is 2.37. The zero-order chi connectivity index (χ0) is 18.4. The fourth-order valence-corrected chi connectivity index (χ4v) is 3.56. The smallest absolute Gasteiger partial charge is 0.303 e. The van der Waals surface area contributed by atoms with E-state index in [1.807, 2.05) is 0 Å². The van der Waals surface area contributed by atoms with Gasteiger partial charge in [-0.1, -0.05) is 0 Å². The van der Waals surface area contributed by atoms with E-state index < -0.39 is 5.97 Å². The average Bonchev–Trinajstić information content (AvgIpc) is 2.64. The van der Waals surface area contributed by atoms with Crippen molar-refractivity contribution in [1.82, 2.24) is 10.2 Å². The fourth-order valence-electron chi connectivity index (χ4n) is 3.56. The number of nitrogens with zero attached hydrogens (tertiary/aromatic N) is 2. The lowest BCUT2D eigenvalue weighted by molar-refractivity contribution is -0.144. The Morgan fingerprint density at radius 2 is 2.12 bits per heavy atom. The van der Waals surface area contributed by atoms with E-state index in [0.29, 0.717) is 51.7 Å². The van der Waals surface area contributed by atoms with Gasteiger partial charge in [-0.2, -0.15) is 0 Å². The number of hydrogen-bond donors (Lipinski definition) is 4. The van der Waals surface area contributed by atoms with Crippen LogP contribution in [0.15, 0.2) is 4.99 Å². The number of carbonyl (C=O) groups excluding carboxylic acids is 2. The third kappa shape index (κ3) is 5.33. The van der Waals surface area contributed by atoms with Crippen LogP contribution in [0.3, 0.4) is 0 Å². The molecule has 1 unspecified atom stereocenters. The summed E-state index contributed by atoms with van der Waals surface area (Å²) in [6.45, 7) is 1.56. The van der Waals surface area contributed by atoms with Crippen LogP contribution in [-0.4, -0.2) is 59.4 Å². The first-order valence-corrected chi connectivity index (χ1v) is 8.73. The number of hydrogen-bond acceptors (Lipinski definition) is 4. The van der Waals surface area contributed by atoms with Crippen LogP contribution in [0.1, 0.15) is 38.5 Å². The molecule has 3 atom stereocenters. The number of nitrogens with two attached hydrogens (primary N) is 2. The molecule has 2 rings (SSSR count). The molecule has 0 bridgehead atoms. The summed E-state index contributed by atoms with van der Waals surface area (Å²) in [5, 5.41) is 11.7. The Balaban J connectivity index is 1.82. The number of fused-ring (bicyclic) bond motifs is 1. The molecule has 0 aromatic rings. The van der Waals surface area contributed by atoms with Crippen molar-refractivity contribution in [2.45, 2.75) is 44.6 Å². The maximum absolute atomic E-state index is 12.4. The Kier molecular flexibility index (Phi) is 6.60. The first kappa shape index (κ1) is 19.0. The second kappa shape index (κ2) is 8.68. The Labute approximate surface area is 146 Å². The van der Waals surface area contributed by atoms with E-state index in [1.54, 1.807) is 4.90 Å². The van der Waals surface area contributed by atoms with Gasteiger partial charge in [0.1, 0.15) is 0 Å². The summed E-state index contributed by atoms with van der Waals surface area (Å²) < 4.78 is 0. The number of rotatable bonds is 8. The number of carboxylic acids is 1. The second-order valence-corrected chi connectivity index (χ2v) is 6.73. The molecule has 2 heterocycles. The Morgan fingerprint density at radius 3 is 2.80 bits per heavy atom. The molecule has 0 aromatic heterocycles. The Hall–Kier alpha value is -2.32. The van der Waals surface area contributed by atoms with Crippen molar-refractivity contribution in [2.24, 2.45) is 28.3 Å². The number of aliphatic imine (C=N–C) groups is 1. The van der Waals surface area contributed by atoms with Crippen molar-refractivity contribution >= 4 is 23.7 Å². The summed E-state index contributed by atoms with van der Waals surface area (Å²) in [4.78, 5) is 40.9. The lowest BCUT2D eigenvalue weighted by atomic mass is 9.80. The van der Waals surface area contributed by atoms with Crippen molar-refractivity contribution in [3.8, 4) is 0 Å². The highest BCUT2D eigenvalue weighted by atomic mass is 16.4. The molecule has 2 amide bonds. The zero-order valence-electron chi connectivity index (χ0n) is 14.3. The van der Waals surface area contributed by atoms with Crippen molar-refractivity contribution in [2.75, 3.05) is 19.6 Å². The summed E-state index contributed by atoms with van der Waals surface area (Å²) in [7, 11) is 0. The molecule has 0 radical (unpaired) electrons. The van der Waals surface area contributed by atoms with Crippen LogP contribution in [-0.2, 0) is 14.4 Å². The van der Waals surface area contributed by atoms with Crippen LogP contribution < -0.4 is 16.8 Å². The third-order valence-corrected chi connectivity index (χ3v) is 4.96. The molecule has 0 aromatic carbocycles. The minimum Gasteiger partial charge on any atom is -0.481 e. The van der Waals surface area contributed by atoms with Gasteiger partial charge in [-0.3, -0.25) is 19.4 Å². The molecule has 2 saturated heterocycles. The van der Waals surface area contributed by atoms with Crippen LogP contribution in [0.4, 0.5) is 0 Å². The SMILES string of the molecule is NC(N)=NCCCNC(=O)[C@H]1CCC(=O)N2C[C@H](CCC(=O)O)C2C1. The molecular weight excluding hydrogens is 326 g/mol. The summed E-state index contributed by atoms with van der Waals surface area (Å²) in [5.74, 6) is -0.813. The van der Waals surface area contributed by atoms with Gasteiger partial charge in [0.15, 0.2) is 5.96 Å². The maximum atomic E-state index is 12.4. The molecule has 6 N–H and O–H groups in total. The van der Waals surface area contributed by atoms with E-state index >= 15 is 0 Å². The highest BCUT2D eigenvalue weighted by molar-refractivity contribution is 5.82. The molecule has 140 valence electrons. The van der Waals surface area contributed by atoms with Crippen LogP contribution in [0, 0.1) is 11.8 Å². The minimum atomic E-state index is -0.825. The largest absolute Gasteiger partial charge is 0.481 e. The van der Waals surface area contributed by atoms with Gasteiger partial charge in [0.05, 0.1) is 0 Å². The number of carboxylic acid groups (broad SMARTS) is 1. The predicted molar refractivity (Wildman–Crippen MR) is 91.5 cm³/mol. The first-order valence-electron chi connectivity index (χ1n) is 8.73. The number of guanidine groups is 1. The maximum Gasteiger partial charge on any atom is 0.303 e. The number of aliphatic carboxylic acids is 1. The highest BCUT2D eigenvalue weighted by Gasteiger charge is 2.45.